The maximum absolute atomic E-state index is 4.41. The number of aromatic nitrogens is 2. The summed E-state index contributed by atoms with van der Waals surface area (Å²) in [7, 11) is 4.06. The summed E-state index contributed by atoms with van der Waals surface area (Å²) < 4.78 is 3.15. The number of hydrogen-bond donors (Lipinski definition) is 1. The molecule has 0 aromatic carbocycles. The van der Waals surface area contributed by atoms with Gasteiger partial charge >= 0.3 is 0 Å². The number of hydrogen-bond acceptors (Lipinski definition) is 2. The van der Waals surface area contributed by atoms with Crippen molar-refractivity contribution in [3.63, 3.8) is 0 Å². The standard InChI is InChI=1S/C12H22BrN3/c1-5-6-10(14-3)7-8-11-12(13)9(2)15-16(11)4/h10,14H,5-8H2,1-4H3. The van der Waals surface area contributed by atoms with Crippen LogP contribution in [0.4, 0.5) is 0 Å². The van der Waals surface area contributed by atoms with Crippen molar-refractivity contribution in [2.24, 2.45) is 7.05 Å². The van der Waals surface area contributed by atoms with E-state index in [1.807, 2.05) is 25.7 Å². The molecule has 0 fully saturated rings. The highest BCUT2D eigenvalue weighted by atomic mass is 79.9. The van der Waals surface area contributed by atoms with Crippen LogP contribution in [0.2, 0.25) is 0 Å². The number of rotatable bonds is 6. The molecule has 16 heavy (non-hydrogen) atoms. The molecule has 0 aliphatic heterocycles. The van der Waals surface area contributed by atoms with Gasteiger partial charge in [0, 0.05) is 13.1 Å². The Morgan fingerprint density at radius 2 is 2.12 bits per heavy atom. The van der Waals surface area contributed by atoms with Crippen LogP contribution < -0.4 is 5.32 Å². The van der Waals surface area contributed by atoms with Gasteiger partial charge in [0.2, 0.25) is 0 Å². The maximum Gasteiger partial charge on any atom is 0.0738 e. The Morgan fingerprint density at radius 3 is 2.56 bits per heavy atom. The quantitative estimate of drug-likeness (QED) is 0.872. The van der Waals surface area contributed by atoms with Crippen molar-refractivity contribution in [2.75, 3.05) is 7.05 Å². The molecule has 3 nitrogen and oxygen atoms in total. The van der Waals surface area contributed by atoms with E-state index in [2.05, 4.69) is 33.3 Å². The van der Waals surface area contributed by atoms with E-state index in [0.717, 1.165) is 12.1 Å². The summed E-state index contributed by atoms with van der Waals surface area (Å²) in [6.07, 6.45) is 4.72. The van der Waals surface area contributed by atoms with Crippen molar-refractivity contribution < 1.29 is 0 Å². The minimum atomic E-state index is 0.618. The van der Waals surface area contributed by atoms with Crippen LogP contribution in [-0.2, 0) is 13.5 Å². The Bertz CT molecular complexity index is 333. The van der Waals surface area contributed by atoms with Crippen LogP contribution in [0.1, 0.15) is 37.6 Å². The van der Waals surface area contributed by atoms with Crippen LogP contribution in [0, 0.1) is 6.92 Å². The molecule has 0 radical (unpaired) electrons. The molecule has 0 saturated carbocycles. The SMILES string of the molecule is CCCC(CCc1c(Br)c(C)nn1C)NC. The second-order valence-corrected chi connectivity index (χ2v) is 5.08. The molecule has 0 spiro atoms. The predicted molar refractivity (Wildman–Crippen MR) is 71.7 cm³/mol. The molecular formula is C12H22BrN3. The fourth-order valence-electron chi connectivity index (χ4n) is 2.04. The summed E-state index contributed by atoms with van der Waals surface area (Å²) in [6, 6.07) is 0.618. The fraction of sp³-hybridized carbons (Fsp3) is 0.750. The largest absolute Gasteiger partial charge is 0.317 e. The van der Waals surface area contributed by atoms with E-state index >= 15 is 0 Å². The molecule has 0 amide bonds. The van der Waals surface area contributed by atoms with Crippen LogP contribution in [-0.4, -0.2) is 22.9 Å². The molecule has 1 rings (SSSR count). The minimum absolute atomic E-state index is 0.618. The van der Waals surface area contributed by atoms with E-state index < -0.39 is 0 Å². The number of nitrogens with zero attached hydrogens (tertiary/aromatic N) is 2. The average molecular weight is 288 g/mol. The molecule has 0 aliphatic carbocycles. The summed E-state index contributed by atoms with van der Waals surface area (Å²) in [5.74, 6) is 0. The van der Waals surface area contributed by atoms with Crippen molar-refractivity contribution in [2.45, 2.75) is 45.6 Å². The highest BCUT2D eigenvalue weighted by molar-refractivity contribution is 9.10. The molecule has 1 aromatic heterocycles. The van der Waals surface area contributed by atoms with Gasteiger partial charge in [-0.3, -0.25) is 4.68 Å². The lowest BCUT2D eigenvalue weighted by molar-refractivity contribution is 0.476. The first-order valence-corrected chi connectivity index (χ1v) is 6.74. The third kappa shape index (κ3) is 3.32. The summed E-state index contributed by atoms with van der Waals surface area (Å²) in [5.41, 5.74) is 2.38. The number of nitrogens with one attached hydrogen (secondary N) is 1. The number of aryl methyl sites for hydroxylation is 2. The van der Waals surface area contributed by atoms with Crippen LogP contribution in [0.5, 0.6) is 0 Å². The van der Waals surface area contributed by atoms with Crippen molar-refractivity contribution in [1.82, 2.24) is 15.1 Å². The first-order valence-electron chi connectivity index (χ1n) is 5.95. The highest BCUT2D eigenvalue weighted by Crippen LogP contribution is 2.22. The lowest BCUT2D eigenvalue weighted by Crippen LogP contribution is -2.25. The lowest BCUT2D eigenvalue weighted by atomic mass is 10.1. The summed E-state index contributed by atoms with van der Waals surface area (Å²) in [4.78, 5) is 0. The smallest absolute Gasteiger partial charge is 0.0738 e. The van der Waals surface area contributed by atoms with Crippen LogP contribution >= 0.6 is 15.9 Å². The molecular weight excluding hydrogens is 266 g/mol. The van der Waals surface area contributed by atoms with E-state index in [0.29, 0.717) is 6.04 Å². The maximum atomic E-state index is 4.41. The zero-order valence-electron chi connectivity index (χ0n) is 10.7. The predicted octanol–water partition coefficient (Wildman–Crippen LogP) is 2.81. The summed E-state index contributed by atoms with van der Waals surface area (Å²) >= 11 is 3.61. The van der Waals surface area contributed by atoms with Gasteiger partial charge in [0.15, 0.2) is 0 Å². The zero-order valence-corrected chi connectivity index (χ0v) is 12.3. The van der Waals surface area contributed by atoms with Gasteiger partial charge in [0.1, 0.15) is 0 Å². The molecule has 1 unspecified atom stereocenters. The number of halogens is 1. The van der Waals surface area contributed by atoms with Gasteiger partial charge in [-0.1, -0.05) is 13.3 Å². The topological polar surface area (TPSA) is 29.9 Å². The van der Waals surface area contributed by atoms with Gasteiger partial charge in [-0.25, -0.2) is 0 Å². The van der Waals surface area contributed by atoms with E-state index in [-0.39, 0.29) is 0 Å². The van der Waals surface area contributed by atoms with Gasteiger partial charge in [0.05, 0.1) is 15.9 Å². The van der Waals surface area contributed by atoms with Gasteiger partial charge in [-0.05, 0) is 49.2 Å². The fourth-order valence-corrected chi connectivity index (χ4v) is 2.58. The molecule has 1 aromatic rings. The Kier molecular flexibility index (Phi) is 5.49. The minimum Gasteiger partial charge on any atom is -0.317 e. The lowest BCUT2D eigenvalue weighted by Gasteiger charge is -2.15. The second kappa shape index (κ2) is 6.40. The van der Waals surface area contributed by atoms with Crippen LogP contribution in [0.25, 0.3) is 0 Å². The van der Waals surface area contributed by atoms with E-state index in [4.69, 9.17) is 0 Å². The van der Waals surface area contributed by atoms with Crippen molar-refractivity contribution in [3.05, 3.63) is 15.9 Å². The Balaban J connectivity index is 2.59. The molecule has 1 heterocycles. The van der Waals surface area contributed by atoms with Gasteiger partial charge in [-0.15, -0.1) is 0 Å². The van der Waals surface area contributed by atoms with E-state index in [9.17, 15) is 0 Å². The first kappa shape index (κ1) is 13.7. The van der Waals surface area contributed by atoms with Gasteiger partial charge in [-0.2, -0.15) is 5.10 Å². The van der Waals surface area contributed by atoms with E-state index in [1.54, 1.807) is 0 Å². The molecule has 0 bridgehead atoms. The summed E-state index contributed by atoms with van der Waals surface area (Å²) in [5, 5.41) is 7.78. The average Bonchev–Trinajstić information content (AvgIpc) is 2.49. The Labute approximate surface area is 107 Å². The first-order chi connectivity index (χ1) is 7.60. The molecule has 1 atom stereocenters. The Morgan fingerprint density at radius 1 is 1.44 bits per heavy atom. The molecule has 0 aliphatic rings. The monoisotopic (exact) mass is 287 g/mol. The van der Waals surface area contributed by atoms with E-state index in [1.165, 1.54) is 29.4 Å². The van der Waals surface area contributed by atoms with Crippen molar-refractivity contribution in [3.8, 4) is 0 Å². The zero-order chi connectivity index (χ0) is 12.1. The summed E-state index contributed by atoms with van der Waals surface area (Å²) in [6.45, 7) is 4.27. The third-order valence-corrected chi connectivity index (χ3v) is 4.07. The van der Waals surface area contributed by atoms with Crippen LogP contribution in [0.3, 0.4) is 0 Å². The van der Waals surface area contributed by atoms with Gasteiger partial charge < -0.3 is 5.32 Å². The van der Waals surface area contributed by atoms with Gasteiger partial charge in [0.25, 0.3) is 0 Å². The molecule has 1 N–H and O–H groups in total. The Hall–Kier alpha value is -0.350. The molecule has 92 valence electrons. The second-order valence-electron chi connectivity index (χ2n) is 4.28. The normalized spacial score (nSPS) is 13.1. The van der Waals surface area contributed by atoms with Crippen molar-refractivity contribution >= 4 is 15.9 Å². The molecule has 0 saturated heterocycles. The van der Waals surface area contributed by atoms with Crippen LogP contribution in [0.15, 0.2) is 4.47 Å². The molecule has 4 heteroatoms. The third-order valence-electron chi connectivity index (χ3n) is 3.04. The van der Waals surface area contributed by atoms with Crippen molar-refractivity contribution in [1.29, 1.82) is 0 Å². The highest BCUT2D eigenvalue weighted by Gasteiger charge is 2.12.